The molecule has 2 aromatic rings. The SMILES string of the molecule is CC(C)(C)OC(=O)Cc1c(F)c(C(F)(F)F)c(F)c(F)c1-c1ccccn1. The van der Waals surface area contributed by atoms with Crippen LogP contribution in [-0.2, 0) is 22.1 Å². The Morgan fingerprint density at radius 2 is 1.67 bits per heavy atom. The summed E-state index contributed by atoms with van der Waals surface area (Å²) >= 11 is 0. The summed E-state index contributed by atoms with van der Waals surface area (Å²) in [5, 5.41) is 0. The Hall–Kier alpha value is -2.58. The smallest absolute Gasteiger partial charge is 0.422 e. The number of pyridine rings is 1. The third kappa shape index (κ3) is 4.58. The van der Waals surface area contributed by atoms with Gasteiger partial charge in [-0.25, -0.2) is 13.2 Å². The number of alkyl halides is 3. The number of ether oxygens (including phenoxy) is 1. The van der Waals surface area contributed by atoms with Crippen molar-refractivity contribution in [1.82, 2.24) is 4.98 Å². The number of carbonyl (C=O) groups is 1. The molecule has 0 unspecified atom stereocenters. The molecule has 2 rings (SSSR count). The summed E-state index contributed by atoms with van der Waals surface area (Å²) < 4.78 is 87.1. The van der Waals surface area contributed by atoms with Gasteiger partial charge in [-0.05, 0) is 32.9 Å². The van der Waals surface area contributed by atoms with Crippen molar-refractivity contribution in [2.24, 2.45) is 0 Å². The van der Waals surface area contributed by atoms with Gasteiger partial charge in [0.25, 0.3) is 0 Å². The van der Waals surface area contributed by atoms with Crippen molar-refractivity contribution < 1.29 is 35.9 Å². The van der Waals surface area contributed by atoms with Crippen LogP contribution in [0, 0.1) is 17.5 Å². The largest absolute Gasteiger partial charge is 0.460 e. The minimum Gasteiger partial charge on any atom is -0.460 e. The van der Waals surface area contributed by atoms with E-state index in [9.17, 15) is 31.1 Å². The first-order chi connectivity index (χ1) is 12.3. The van der Waals surface area contributed by atoms with Crippen molar-refractivity contribution in [2.75, 3.05) is 0 Å². The molecule has 0 saturated heterocycles. The first-order valence-corrected chi connectivity index (χ1v) is 7.72. The lowest BCUT2D eigenvalue weighted by Crippen LogP contribution is -2.26. The van der Waals surface area contributed by atoms with Crippen LogP contribution >= 0.6 is 0 Å². The maximum absolute atomic E-state index is 14.6. The highest BCUT2D eigenvalue weighted by Gasteiger charge is 2.42. The van der Waals surface area contributed by atoms with Crippen LogP contribution in [0.3, 0.4) is 0 Å². The molecule has 1 heterocycles. The van der Waals surface area contributed by atoms with E-state index in [2.05, 4.69) is 4.98 Å². The standard InChI is InChI=1S/C18H15F6NO2/c1-17(2,3)27-11(26)8-9-12(10-6-4-5-7-25-10)15(20)16(21)13(14(9)19)18(22,23)24/h4-7H,8H2,1-3H3. The first kappa shape index (κ1) is 20.7. The Labute approximate surface area is 151 Å². The second-order valence-corrected chi connectivity index (χ2v) is 6.65. The lowest BCUT2D eigenvalue weighted by atomic mass is 9.95. The van der Waals surface area contributed by atoms with Gasteiger partial charge >= 0.3 is 12.1 Å². The molecule has 27 heavy (non-hydrogen) atoms. The highest BCUT2D eigenvalue weighted by molar-refractivity contribution is 5.78. The lowest BCUT2D eigenvalue weighted by molar-refractivity contribution is -0.154. The summed E-state index contributed by atoms with van der Waals surface area (Å²) in [5.41, 5.74) is -5.57. The highest BCUT2D eigenvalue weighted by Crippen LogP contribution is 2.40. The minimum atomic E-state index is -5.50. The van der Waals surface area contributed by atoms with Gasteiger partial charge in [0.1, 0.15) is 17.0 Å². The fourth-order valence-corrected chi connectivity index (χ4v) is 2.42. The summed E-state index contributed by atoms with van der Waals surface area (Å²) in [5.74, 6) is -7.51. The molecule has 1 aromatic heterocycles. The highest BCUT2D eigenvalue weighted by atomic mass is 19.4. The Morgan fingerprint density at radius 1 is 1.04 bits per heavy atom. The van der Waals surface area contributed by atoms with Gasteiger partial charge in [-0.15, -0.1) is 0 Å². The molecule has 0 N–H and O–H groups in total. The molecule has 3 nitrogen and oxygen atoms in total. The minimum absolute atomic E-state index is 0.319. The van der Waals surface area contributed by atoms with Crippen molar-refractivity contribution in [1.29, 1.82) is 0 Å². The predicted molar refractivity (Wildman–Crippen MR) is 84.1 cm³/mol. The van der Waals surface area contributed by atoms with Gasteiger partial charge in [-0.1, -0.05) is 6.07 Å². The van der Waals surface area contributed by atoms with Crippen LogP contribution < -0.4 is 0 Å². The van der Waals surface area contributed by atoms with Gasteiger partial charge < -0.3 is 4.74 Å². The molecule has 0 aliphatic rings. The summed E-state index contributed by atoms with van der Waals surface area (Å²) in [6, 6.07) is 3.93. The number of halogens is 6. The Morgan fingerprint density at radius 3 is 2.15 bits per heavy atom. The summed E-state index contributed by atoms with van der Waals surface area (Å²) in [6.45, 7) is 4.48. The number of hydrogen-bond acceptors (Lipinski definition) is 3. The van der Waals surface area contributed by atoms with Crippen molar-refractivity contribution in [3.63, 3.8) is 0 Å². The third-order valence-corrected chi connectivity index (χ3v) is 3.36. The fourth-order valence-electron chi connectivity index (χ4n) is 2.42. The zero-order valence-corrected chi connectivity index (χ0v) is 14.5. The second kappa shape index (κ2) is 7.21. The maximum Gasteiger partial charge on any atom is 0.422 e. The summed E-state index contributed by atoms with van der Waals surface area (Å²) in [7, 11) is 0. The van der Waals surface area contributed by atoms with Crippen LogP contribution in [0.25, 0.3) is 11.3 Å². The third-order valence-electron chi connectivity index (χ3n) is 3.36. The maximum atomic E-state index is 14.6. The number of esters is 1. The molecule has 0 spiro atoms. The predicted octanol–water partition coefficient (Wildman–Crippen LogP) is 5.07. The van der Waals surface area contributed by atoms with Crippen molar-refractivity contribution >= 4 is 5.97 Å². The Kier molecular flexibility index (Phi) is 5.53. The van der Waals surface area contributed by atoms with E-state index in [0.717, 1.165) is 6.07 Å². The van der Waals surface area contributed by atoms with E-state index >= 15 is 0 Å². The van der Waals surface area contributed by atoms with E-state index in [-0.39, 0.29) is 5.69 Å². The molecule has 146 valence electrons. The molecule has 0 amide bonds. The summed E-state index contributed by atoms with van der Waals surface area (Å²) in [4.78, 5) is 15.7. The van der Waals surface area contributed by atoms with Crippen LogP contribution in [-0.4, -0.2) is 16.6 Å². The number of hydrogen-bond donors (Lipinski definition) is 0. The van der Waals surface area contributed by atoms with E-state index in [1.54, 1.807) is 0 Å². The number of benzene rings is 1. The van der Waals surface area contributed by atoms with Crippen LogP contribution in [0.5, 0.6) is 0 Å². The van der Waals surface area contributed by atoms with Crippen molar-refractivity contribution in [3.05, 3.63) is 53.0 Å². The average Bonchev–Trinajstić information content (AvgIpc) is 2.50. The second-order valence-electron chi connectivity index (χ2n) is 6.65. The van der Waals surface area contributed by atoms with Gasteiger partial charge in [-0.3, -0.25) is 9.78 Å². The van der Waals surface area contributed by atoms with Gasteiger partial charge in [0.2, 0.25) is 0 Å². The average molecular weight is 391 g/mol. The van der Waals surface area contributed by atoms with E-state index in [0.29, 0.717) is 0 Å². The molecule has 0 bridgehead atoms. The van der Waals surface area contributed by atoms with Gasteiger partial charge in [-0.2, -0.15) is 13.2 Å². The number of rotatable bonds is 3. The van der Waals surface area contributed by atoms with Crippen LogP contribution in [0.1, 0.15) is 31.9 Å². The van der Waals surface area contributed by atoms with Crippen molar-refractivity contribution in [2.45, 2.75) is 39.0 Å². The van der Waals surface area contributed by atoms with Crippen molar-refractivity contribution in [3.8, 4) is 11.3 Å². The quantitative estimate of drug-likeness (QED) is 0.417. The zero-order valence-electron chi connectivity index (χ0n) is 14.5. The molecular weight excluding hydrogens is 376 g/mol. The molecule has 0 radical (unpaired) electrons. The van der Waals surface area contributed by atoms with Crippen LogP contribution in [0.15, 0.2) is 24.4 Å². The molecular formula is C18H15F6NO2. The van der Waals surface area contributed by atoms with Gasteiger partial charge in [0.05, 0.1) is 12.1 Å². The van der Waals surface area contributed by atoms with Crippen LogP contribution in [0.2, 0.25) is 0 Å². The zero-order chi connectivity index (χ0) is 20.6. The van der Waals surface area contributed by atoms with Crippen LogP contribution in [0.4, 0.5) is 26.3 Å². The Bertz CT molecular complexity index is 857. The molecule has 9 heteroatoms. The molecule has 0 saturated carbocycles. The number of carbonyl (C=O) groups excluding carboxylic acids is 1. The molecule has 0 aliphatic carbocycles. The Balaban J connectivity index is 2.74. The van der Waals surface area contributed by atoms with E-state index in [4.69, 9.17) is 4.74 Å². The molecule has 0 fully saturated rings. The molecule has 1 aromatic carbocycles. The lowest BCUT2D eigenvalue weighted by Gasteiger charge is -2.21. The number of aromatic nitrogens is 1. The molecule has 0 aliphatic heterocycles. The van der Waals surface area contributed by atoms with E-state index < -0.39 is 58.3 Å². The first-order valence-electron chi connectivity index (χ1n) is 7.72. The summed E-state index contributed by atoms with van der Waals surface area (Å²) in [6.07, 6.45) is -5.37. The normalized spacial score (nSPS) is 12.2. The van der Waals surface area contributed by atoms with E-state index in [1.165, 1.54) is 39.1 Å². The van der Waals surface area contributed by atoms with Gasteiger partial charge in [0, 0.05) is 17.3 Å². The van der Waals surface area contributed by atoms with E-state index in [1.807, 2.05) is 0 Å². The molecule has 0 atom stereocenters. The van der Waals surface area contributed by atoms with Gasteiger partial charge in [0.15, 0.2) is 11.6 Å². The fraction of sp³-hybridized carbons (Fsp3) is 0.333. The topological polar surface area (TPSA) is 39.2 Å². The number of nitrogens with zero attached hydrogens (tertiary/aromatic N) is 1. The monoisotopic (exact) mass is 391 g/mol.